The van der Waals surface area contributed by atoms with Crippen LogP contribution in [-0.4, -0.2) is 10.9 Å². The van der Waals surface area contributed by atoms with Crippen LogP contribution in [0.2, 0.25) is 0 Å². The van der Waals surface area contributed by atoms with Crippen molar-refractivity contribution in [3.05, 3.63) is 89.4 Å². The molecule has 2 amide bonds. The number of furan rings is 1. The molecule has 0 unspecified atom stereocenters. The van der Waals surface area contributed by atoms with Crippen molar-refractivity contribution in [3.8, 4) is 0 Å². The van der Waals surface area contributed by atoms with E-state index >= 15 is 0 Å². The Bertz CT molecular complexity index is 826. The molecule has 2 aromatic carbocycles. The number of anilines is 1. The fourth-order valence-corrected chi connectivity index (χ4v) is 2.67. The Morgan fingerprint density at radius 1 is 0.960 bits per heavy atom. The van der Waals surface area contributed by atoms with Crippen molar-refractivity contribution >= 4 is 11.7 Å². The molecule has 0 aliphatic rings. The van der Waals surface area contributed by atoms with Crippen molar-refractivity contribution in [2.24, 2.45) is 0 Å². The highest BCUT2D eigenvalue weighted by Gasteiger charge is 2.17. The number of carbonyl (C=O) groups is 1. The number of rotatable bonds is 5. The van der Waals surface area contributed by atoms with E-state index in [-0.39, 0.29) is 6.03 Å². The van der Waals surface area contributed by atoms with Gasteiger partial charge in [-0.15, -0.1) is 0 Å². The molecule has 0 atom stereocenters. The van der Waals surface area contributed by atoms with Crippen molar-refractivity contribution in [2.45, 2.75) is 26.9 Å². The van der Waals surface area contributed by atoms with Gasteiger partial charge in [0.15, 0.2) is 0 Å². The van der Waals surface area contributed by atoms with Gasteiger partial charge < -0.3 is 14.6 Å². The van der Waals surface area contributed by atoms with Crippen LogP contribution in [0, 0.1) is 13.8 Å². The molecular weight excluding hydrogens is 312 g/mol. The Balaban J connectivity index is 1.79. The summed E-state index contributed by atoms with van der Waals surface area (Å²) in [6.07, 6.45) is 1.62. The van der Waals surface area contributed by atoms with Crippen molar-refractivity contribution in [1.29, 1.82) is 0 Å². The quantitative estimate of drug-likeness (QED) is 0.703. The number of aryl methyl sites for hydroxylation is 1. The highest BCUT2D eigenvalue weighted by atomic mass is 16.3. The van der Waals surface area contributed by atoms with Gasteiger partial charge in [0.2, 0.25) is 0 Å². The van der Waals surface area contributed by atoms with Gasteiger partial charge in [-0.05, 0) is 48.7 Å². The topological polar surface area (TPSA) is 45.5 Å². The second-order valence-electron chi connectivity index (χ2n) is 6.10. The van der Waals surface area contributed by atoms with Gasteiger partial charge in [-0.3, -0.25) is 0 Å². The van der Waals surface area contributed by atoms with Crippen molar-refractivity contribution in [3.63, 3.8) is 0 Å². The van der Waals surface area contributed by atoms with E-state index in [2.05, 4.69) is 5.32 Å². The average molecular weight is 334 g/mol. The van der Waals surface area contributed by atoms with Crippen LogP contribution in [0.4, 0.5) is 10.5 Å². The van der Waals surface area contributed by atoms with Crippen molar-refractivity contribution in [2.75, 3.05) is 5.32 Å². The zero-order valence-electron chi connectivity index (χ0n) is 14.5. The fourth-order valence-electron chi connectivity index (χ4n) is 2.67. The molecule has 0 aliphatic carbocycles. The molecule has 0 aliphatic heterocycles. The van der Waals surface area contributed by atoms with Gasteiger partial charge >= 0.3 is 6.03 Å². The zero-order chi connectivity index (χ0) is 17.6. The van der Waals surface area contributed by atoms with E-state index in [1.807, 2.05) is 74.5 Å². The molecule has 0 bridgehead atoms. The minimum atomic E-state index is -0.144. The minimum absolute atomic E-state index is 0.144. The Labute approximate surface area is 148 Å². The number of benzene rings is 2. The summed E-state index contributed by atoms with van der Waals surface area (Å²) in [4.78, 5) is 14.6. The number of hydrogen-bond acceptors (Lipinski definition) is 2. The van der Waals surface area contributed by atoms with Crippen molar-refractivity contribution < 1.29 is 9.21 Å². The number of hydrogen-bond donors (Lipinski definition) is 1. The number of nitrogens with zero attached hydrogens (tertiary/aromatic N) is 1. The van der Waals surface area contributed by atoms with Crippen LogP contribution in [0.3, 0.4) is 0 Å². The molecule has 1 heterocycles. The van der Waals surface area contributed by atoms with Gasteiger partial charge in [0, 0.05) is 12.2 Å². The Morgan fingerprint density at radius 3 is 2.48 bits per heavy atom. The molecule has 1 aromatic heterocycles. The van der Waals surface area contributed by atoms with Crippen LogP contribution in [0.15, 0.2) is 71.3 Å². The van der Waals surface area contributed by atoms with E-state index < -0.39 is 0 Å². The summed E-state index contributed by atoms with van der Waals surface area (Å²) in [6.45, 7) is 4.98. The summed E-state index contributed by atoms with van der Waals surface area (Å²) in [5.74, 6) is 0.757. The van der Waals surface area contributed by atoms with Crippen LogP contribution in [0.5, 0.6) is 0 Å². The van der Waals surface area contributed by atoms with E-state index in [1.165, 1.54) is 0 Å². The number of nitrogens with one attached hydrogen (secondary N) is 1. The molecular formula is C21H22N2O2. The lowest BCUT2D eigenvalue weighted by atomic mass is 10.1. The van der Waals surface area contributed by atoms with E-state index in [1.54, 1.807) is 11.2 Å². The predicted molar refractivity (Wildman–Crippen MR) is 99.3 cm³/mol. The summed E-state index contributed by atoms with van der Waals surface area (Å²) in [5.41, 5.74) is 4.14. The molecule has 25 heavy (non-hydrogen) atoms. The van der Waals surface area contributed by atoms with Gasteiger partial charge in [0.1, 0.15) is 5.76 Å². The van der Waals surface area contributed by atoms with E-state index in [9.17, 15) is 4.79 Å². The van der Waals surface area contributed by atoms with Gasteiger partial charge in [0.05, 0.1) is 12.8 Å². The third-order valence-corrected chi connectivity index (χ3v) is 4.28. The lowest BCUT2D eigenvalue weighted by Gasteiger charge is -2.23. The van der Waals surface area contributed by atoms with Crippen LogP contribution in [0.1, 0.15) is 22.5 Å². The summed E-state index contributed by atoms with van der Waals surface area (Å²) < 4.78 is 5.42. The van der Waals surface area contributed by atoms with E-state index in [0.717, 1.165) is 28.1 Å². The molecule has 0 saturated heterocycles. The maximum absolute atomic E-state index is 12.9. The smallest absolute Gasteiger partial charge is 0.322 e. The van der Waals surface area contributed by atoms with E-state index in [0.29, 0.717) is 13.1 Å². The monoisotopic (exact) mass is 334 g/mol. The van der Waals surface area contributed by atoms with Crippen LogP contribution in [-0.2, 0) is 13.1 Å². The second-order valence-corrected chi connectivity index (χ2v) is 6.10. The van der Waals surface area contributed by atoms with Gasteiger partial charge in [-0.25, -0.2) is 4.79 Å². The zero-order valence-corrected chi connectivity index (χ0v) is 14.5. The first-order valence-corrected chi connectivity index (χ1v) is 8.32. The van der Waals surface area contributed by atoms with E-state index in [4.69, 9.17) is 4.42 Å². The molecule has 0 fully saturated rings. The molecule has 128 valence electrons. The largest absolute Gasteiger partial charge is 0.467 e. The fraction of sp³-hybridized carbons (Fsp3) is 0.190. The number of carbonyl (C=O) groups excluding carboxylic acids is 1. The maximum atomic E-state index is 12.9. The normalized spacial score (nSPS) is 10.5. The Morgan fingerprint density at radius 2 is 1.76 bits per heavy atom. The Kier molecular flexibility index (Phi) is 5.19. The van der Waals surface area contributed by atoms with Gasteiger partial charge in [0.25, 0.3) is 0 Å². The number of urea groups is 1. The van der Waals surface area contributed by atoms with Crippen LogP contribution in [0.25, 0.3) is 0 Å². The molecule has 0 radical (unpaired) electrons. The molecule has 0 saturated carbocycles. The standard InChI is InChI=1S/C21H22N2O2/c1-16-8-6-12-20(17(16)2)22-21(24)23(15-19-11-7-13-25-19)14-18-9-4-3-5-10-18/h3-13H,14-15H2,1-2H3,(H,22,24). The summed E-state index contributed by atoms with van der Waals surface area (Å²) >= 11 is 0. The Hall–Kier alpha value is -3.01. The maximum Gasteiger partial charge on any atom is 0.322 e. The molecule has 1 N–H and O–H groups in total. The minimum Gasteiger partial charge on any atom is -0.467 e. The molecule has 4 nitrogen and oxygen atoms in total. The summed E-state index contributed by atoms with van der Waals surface area (Å²) in [7, 11) is 0. The molecule has 4 heteroatoms. The third-order valence-electron chi connectivity index (χ3n) is 4.28. The lowest BCUT2D eigenvalue weighted by Crippen LogP contribution is -2.34. The number of amides is 2. The summed E-state index contributed by atoms with van der Waals surface area (Å²) in [5, 5.41) is 3.03. The summed E-state index contributed by atoms with van der Waals surface area (Å²) in [6, 6.07) is 19.4. The van der Waals surface area contributed by atoms with Gasteiger partial charge in [-0.2, -0.15) is 0 Å². The van der Waals surface area contributed by atoms with Gasteiger partial charge in [-0.1, -0.05) is 42.5 Å². The van der Waals surface area contributed by atoms with Crippen LogP contribution < -0.4 is 5.32 Å². The third kappa shape index (κ3) is 4.29. The first-order chi connectivity index (χ1) is 12.1. The predicted octanol–water partition coefficient (Wildman–Crippen LogP) is 5.13. The highest BCUT2D eigenvalue weighted by Crippen LogP contribution is 2.19. The molecule has 0 spiro atoms. The second kappa shape index (κ2) is 7.71. The SMILES string of the molecule is Cc1cccc(NC(=O)N(Cc2ccccc2)Cc2ccco2)c1C. The molecule has 3 rings (SSSR count). The molecule has 3 aromatic rings. The lowest BCUT2D eigenvalue weighted by molar-refractivity contribution is 0.201. The highest BCUT2D eigenvalue weighted by molar-refractivity contribution is 5.90. The van der Waals surface area contributed by atoms with Crippen LogP contribution >= 0.6 is 0 Å². The van der Waals surface area contributed by atoms with Crippen molar-refractivity contribution in [1.82, 2.24) is 4.90 Å². The first-order valence-electron chi connectivity index (χ1n) is 8.32. The first kappa shape index (κ1) is 16.8. The average Bonchev–Trinajstić information content (AvgIpc) is 3.12.